The Balaban J connectivity index is 1.43. The summed E-state index contributed by atoms with van der Waals surface area (Å²) in [5.74, 6) is 0.897. The van der Waals surface area contributed by atoms with Crippen LogP contribution < -0.4 is 10.6 Å². The lowest BCUT2D eigenvalue weighted by molar-refractivity contribution is 0.197. The molecular weight excluding hydrogens is 380 g/mol. The van der Waals surface area contributed by atoms with Crippen molar-refractivity contribution >= 4 is 29.2 Å². The van der Waals surface area contributed by atoms with E-state index in [4.69, 9.17) is 17.3 Å². The number of nitrogens with zero attached hydrogens (tertiary/aromatic N) is 5. The summed E-state index contributed by atoms with van der Waals surface area (Å²) < 4.78 is 0. The van der Waals surface area contributed by atoms with Gasteiger partial charge in [0.05, 0.1) is 12.4 Å². The molecule has 1 saturated carbocycles. The number of halogens is 1. The van der Waals surface area contributed by atoms with Crippen LogP contribution >= 0.6 is 23.4 Å². The fourth-order valence-corrected chi connectivity index (χ4v) is 5.28. The highest BCUT2D eigenvalue weighted by Gasteiger charge is 2.42. The maximum atomic E-state index is 9.26. The summed E-state index contributed by atoms with van der Waals surface area (Å²) >= 11 is 7.35. The first-order valence-electron chi connectivity index (χ1n) is 9.16. The molecule has 8 heteroatoms. The zero-order valence-electron chi connectivity index (χ0n) is 14.9. The van der Waals surface area contributed by atoms with Gasteiger partial charge in [-0.05, 0) is 37.2 Å². The number of rotatable bonds is 3. The van der Waals surface area contributed by atoms with E-state index >= 15 is 0 Å². The highest BCUT2D eigenvalue weighted by atomic mass is 35.5. The van der Waals surface area contributed by atoms with Crippen molar-refractivity contribution in [3.8, 4) is 6.07 Å². The van der Waals surface area contributed by atoms with Crippen LogP contribution in [0.5, 0.6) is 0 Å². The summed E-state index contributed by atoms with van der Waals surface area (Å²) in [5, 5.41) is 10.2. The van der Waals surface area contributed by atoms with E-state index in [1.54, 1.807) is 18.5 Å². The molecule has 3 heterocycles. The molecule has 0 radical (unpaired) electrons. The second-order valence-corrected chi connectivity index (χ2v) is 8.67. The molecule has 1 aliphatic heterocycles. The summed E-state index contributed by atoms with van der Waals surface area (Å²) in [6.07, 6.45) is 11.1. The number of pyridine rings is 1. The first kappa shape index (κ1) is 18.5. The summed E-state index contributed by atoms with van der Waals surface area (Å²) in [6, 6.07) is 4.21. The van der Waals surface area contributed by atoms with E-state index in [2.05, 4.69) is 25.9 Å². The molecule has 1 spiro atoms. The normalized spacial score (nSPS) is 21.4. The van der Waals surface area contributed by atoms with E-state index in [9.17, 15) is 5.26 Å². The molecule has 140 valence electrons. The summed E-state index contributed by atoms with van der Waals surface area (Å²) in [7, 11) is 0. The zero-order chi connectivity index (χ0) is 18.9. The lowest BCUT2D eigenvalue weighted by Gasteiger charge is -2.42. The Bertz CT molecular complexity index is 857. The van der Waals surface area contributed by atoms with Gasteiger partial charge in [0, 0.05) is 30.2 Å². The molecular formula is C19H21ClN6S. The van der Waals surface area contributed by atoms with Crippen LogP contribution in [0.15, 0.2) is 34.6 Å². The lowest BCUT2D eigenvalue weighted by atomic mass is 9.74. The average molecular weight is 401 g/mol. The number of aromatic nitrogens is 3. The van der Waals surface area contributed by atoms with Gasteiger partial charge in [0.1, 0.15) is 27.6 Å². The van der Waals surface area contributed by atoms with Crippen LogP contribution in [0.2, 0.25) is 5.15 Å². The van der Waals surface area contributed by atoms with Crippen LogP contribution in [0.4, 0.5) is 5.82 Å². The molecule has 1 aliphatic carbocycles. The predicted molar refractivity (Wildman–Crippen MR) is 106 cm³/mol. The van der Waals surface area contributed by atoms with Crippen molar-refractivity contribution in [1.82, 2.24) is 15.0 Å². The van der Waals surface area contributed by atoms with Gasteiger partial charge >= 0.3 is 0 Å². The third kappa shape index (κ3) is 3.62. The molecule has 2 aromatic rings. The Labute approximate surface area is 168 Å². The van der Waals surface area contributed by atoms with Gasteiger partial charge in [-0.1, -0.05) is 29.8 Å². The van der Waals surface area contributed by atoms with Crippen LogP contribution in [0.1, 0.15) is 37.7 Å². The first-order valence-corrected chi connectivity index (χ1v) is 10.4. The largest absolute Gasteiger partial charge is 0.355 e. The molecule has 2 aromatic heterocycles. The van der Waals surface area contributed by atoms with Crippen molar-refractivity contribution in [3.05, 3.63) is 35.4 Å². The number of piperidine rings is 1. The van der Waals surface area contributed by atoms with Crippen molar-refractivity contribution in [2.24, 2.45) is 11.1 Å². The van der Waals surface area contributed by atoms with E-state index < -0.39 is 0 Å². The average Bonchev–Trinajstić information content (AvgIpc) is 3.03. The predicted octanol–water partition coefficient (Wildman–Crippen LogP) is 3.65. The lowest BCUT2D eigenvalue weighted by Crippen LogP contribution is -2.47. The minimum absolute atomic E-state index is 0.208. The van der Waals surface area contributed by atoms with Crippen molar-refractivity contribution in [1.29, 1.82) is 5.26 Å². The van der Waals surface area contributed by atoms with Crippen molar-refractivity contribution < 1.29 is 0 Å². The summed E-state index contributed by atoms with van der Waals surface area (Å²) in [5.41, 5.74) is 7.08. The Morgan fingerprint density at radius 2 is 2.04 bits per heavy atom. The minimum atomic E-state index is 0.208. The van der Waals surface area contributed by atoms with Gasteiger partial charge in [0.25, 0.3) is 0 Å². The molecule has 1 saturated heterocycles. The third-order valence-electron chi connectivity index (χ3n) is 5.87. The van der Waals surface area contributed by atoms with Gasteiger partial charge in [-0.25, -0.2) is 15.0 Å². The van der Waals surface area contributed by atoms with Crippen molar-refractivity contribution in [2.75, 3.05) is 18.0 Å². The number of nitrogens with two attached hydrogens (primary N) is 1. The first-order chi connectivity index (χ1) is 13.1. The Morgan fingerprint density at radius 3 is 2.67 bits per heavy atom. The van der Waals surface area contributed by atoms with Crippen molar-refractivity contribution in [2.45, 2.75) is 48.1 Å². The highest BCUT2D eigenvalue weighted by molar-refractivity contribution is 7.99. The van der Waals surface area contributed by atoms with Crippen molar-refractivity contribution in [3.63, 3.8) is 0 Å². The smallest absolute Gasteiger partial charge is 0.147 e. The summed E-state index contributed by atoms with van der Waals surface area (Å²) in [4.78, 5) is 16.1. The van der Waals surface area contributed by atoms with Crippen LogP contribution in [-0.2, 0) is 0 Å². The SMILES string of the molecule is N#Cc1c(Sc2cnc(N3CCC4(CCCC4N)CC3)cn2)ccnc1Cl. The van der Waals surface area contributed by atoms with E-state index in [1.165, 1.54) is 24.6 Å². The van der Waals surface area contributed by atoms with Crippen LogP contribution in [0, 0.1) is 16.7 Å². The van der Waals surface area contributed by atoms with Gasteiger partial charge in [-0.2, -0.15) is 5.26 Å². The third-order valence-corrected chi connectivity index (χ3v) is 7.13. The van der Waals surface area contributed by atoms with Crippen LogP contribution in [-0.4, -0.2) is 34.1 Å². The van der Waals surface area contributed by atoms with Gasteiger partial charge in [-0.15, -0.1) is 0 Å². The maximum Gasteiger partial charge on any atom is 0.147 e. The second-order valence-electron chi connectivity index (χ2n) is 7.25. The van der Waals surface area contributed by atoms with E-state index in [0.29, 0.717) is 17.0 Å². The number of hydrogen-bond donors (Lipinski definition) is 1. The molecule has 27 heavy (non-hydrogen) atoms. The van der Waals surface area contributed by atoms with Crippen LogP contribution in [0.3, 0.4) is 0 Å². The molecule has 0 aromatic carbocycles. The second kappa shape index (κ2) is 7.63. The van der Waals surface area contributed by atoms with Gasteiger partial charge in [0.2, 0.25) is 0 Å². The summed E-state index contributed by atoms with van der Waals surface area (Å²) in [6.45, 7) is 1.96. The molecule has 4 rings (SSSR count). The van der Waals surface area contributed by atoms with Crippen LogP contribution in [0.25, 0.3) is 0 Å². The van der Waals surface area contributed by atoms with E-state index in [1.807, 2.05) is 6.20 Å². The standard InChI is InChI=1S/C19H21ClN6S/c20-18-13(10-21)14(3-7-23-18)27-17-12-24-16(11-25-17)26-8-5-19(6-9-26)4-1-2-15(19)22/h3,7,11-12,15H,1-2,4-6,8-9,22H2. The molecule has 0 amide bonds. The van der Waals surface area contributed by atoms with Gasteiger partial charge in [-0.3, -0.25) is 0 Å². The molecule has 1 atom stereocenters. The Kier molecular flexibility index (Phi) is 5.22. The van der Waals surface area contributed by atoms with E-state index in [0.717, 1.165) is 48.1 Å². The fraction of sp³-hybridized carbons (Fsp3) is 0.474. The molecule has 6 nitrogen and oxygen atoms in total. The van der Waals surface area contributed by atoms with E-state index in [-0.39, 0.29) is 5.15 Å². The molecule has 0 bridgehead atoms. The zero-order valence-corrected chi connectivity index (χ0v) is 16.5. The molecule has 2 aliphatic rings. The topological polar surface area (TPSA) is 91.7 Å². The number of nitriles is 1. The van der Waals surface area contributed by atoms with Gasteiger partial charge < -0.3 is 10.6 Å². The molecule has 1 unspecified atom stereocenters. The minimum Gasteiger partial charge on any atom is -0.355 e. The molecule has 2 fully saturated rings. The maximum absolute atomic E-state index is 9.26. The number of anilines is 1. The highest BCUT2D eigenvalue weighted by Crippen LogP contribution is 2.45. The Morgan fingerprint density at radius 1 is 1.22 bits per heavy atom. The Hall–Kier alpha value is -1.88. The number of hydrogen-bond acceptors (Lipinski definition) is 7. The molecule has 2 N–H and O–H groups in total. The quantitative estimate of drug-likeness (QED) is 0.786. The fourth-order valence-electron chi connectivity index (χ4n) is 4.21. The van der Waals surface area contributed by atoms with Gasteiger partial charge in [0.15, 0.2) is 0 Å². The monoisotopic (exact) mass is 400 g/mol.